The highest BCUT2D eigenvalue weighted by atomic mass is 16.4. The lowest BCUT2D eigenvalue weighted by molar-refractivity contribution is -0.117. The van der Waals surface area contributed by atoms with Gasteiger partial charge >= 0.3 is 5.76 Å². The van der Waals surface area contributed by atoms with Gasteiger partial charge in [0.05, 0.1) is 22.9 Å². The van der Waals surface area contributed by atoms with Crippen molar-refractivity contribution in [3.8, 4) is 23.1 Å². The third kappa shape index (κ3) is 4.15. The van der Waals surface area contributed by atoms with E-state index < -0.39 is 5.76 Å². The zero-order valence-electron chi connectivity index (χ0n) is 20.3. The zero-order valence-corrected chi connectivity index (χ0v) is 20.3. The number of carbonyl (C=O) groups excluding carboxylic acids is 1. The number of fused-ring (bicyclic) bond motifs is 2. The number of amides is 1. The molecule has 1 atom stereocenters. The van der Waals surface area contributed by atoms with Gasteiger partial charge < -0.3 is 15.1 Å². The summed E-state index contributed by atoms with van der Waals surface area (Å²) < 4.78 is 8.64. The van der Waals surface area contributed by atoms with Crippen LogP contribution in [-0.4, -0.2) is 37.9 Å². The molecule has 0 spiro atoms. The molecule has 5 aromatic rings. The summed E-state index contributed by atoms with van der Waals surface area (Å²) in [5.41, 5.74) is 5.64. The zero-order chi connectivity index (χ0) is 25.4. The van der Waals surface area contributed by atoms with Crippen molar-refractivity contribution in [2.45, 2.75) is 19.9 Å². The van der Waals surface area contributed by atoms with Crippen molar-refractivity contribution in [1.82, 2.24) is 24.3 Å². The summed E-state index contributed by atoms with van der Waals surface area (Å²) in [6, 6.07) is 14.4. The molecule has 4 heterocycles. The molecule has 0 saturated heterocycles. The maximum Gasteiger partial charge on any atom is 0.419 e. The minimum Gasteiger partial charge on any atom is -0.408 e. The maximum absolute atomic E-state index is 12.4. The Morgan fingerprint density at radius 2 is 1.94 bits per heavy atom. The fraction of sp³-hybridized carbons (Fsp3) is 0.185. The molecule has 0 radical (unpaired) electrons. The van der Waals surface area contributed by atoms with Gasteiger partial charge in [-0.2, -0.15) is 0 Å². The first-order valence-corrected chi connectivity index (χ1v) is 11.4. The first kappa shape index (κ1) is 23.1. The van der Waals surface area contributed by atoms with E-state index in [-0.39, 0.29) is 11.9 Å². The first-order chi connectivity index (χ1) is 17.4. The smallest absolute Gasteiger partial charge is 0.408 e. The van der Waals surface area contributed by atoms with Gasteiger partial charge in [0.2, 0.25) is 5.91 Å². The number of benzene rings is 1. The molecule has 1 unspecified atom stereocenters. The lowest BCUT2D eigenvalue weighted by atomic mass is 10.1. The van der Waals surface area contributed by atoms with Crippen molar-refractivity contribution in [2.24, 2.45) is 7.05 Å². The van der Waals surface area contributed by atoms with Crippen molar-refractivity contribution in [3.05, 3.63) is 82.2 Å². The molecule has 5 rings (SSSR count). The number of anilines is 1. The first-order valence-electron chi connectivity index (χ1n) is 11.4. The van der Waals surface area contributed by atoms with E-state index in [2.05, 4.69) is 32.4 Å². The van der Waals surface area contributed by atoms with Crippen LogP contribution in [0.2, 0.25) is 0 Å². The van der Waals surface area contributed by atoms with Crippen LogP contribution in [0, 0.1) is 18.8 Å². The Morgan fingerprint density at radius 1 is 1.11 bits per heavy atom. The Kier molecular flexibility index (Phi) is 5.88. The van der Waals surface area contributed by atoms with E-state index in [9.17, 15) is 9.59 Å². The molecule has 0 aliphatic rings. The van der Waals surface area contributed by atoms with Crippen LogP contribution in [0.5, 0.6) is 0 Å². The van der Waals surface area contributed by atoms with Gasteiger partial charge in [0.15, 0.2) is 5.58 Å². The molecule has 9 nitrogen and oxygen atoms in total. The lowest BCUT2D eigenvalue weighted by Gasteiger charge is -2.12. The van der Waals surface area contributed by atoms with Crippen LogP contribution in [0.1, 0.15) is 23.9 Å². The second-order valence-corrected chi connectivity index (χ2v) is 8.43. The predicted octanol–water partition coefficient (Wildman–Crippen LogP) is 3.10. The largest absolute Gasteiger partial charge is 0.419 e. The van der Waals surface area contributed by atoms with Crippen molar-refractivity contribution < 1.29 is 9.21 Å². The molecule has 0 aliphatic heterocycles. The number of nitrogens with zero attached hydrogens (tertiary/aromatic N) is 4. The number of oxazole rings is 1. The summed E-state index contributed by atoms with van der Waals surface area (Å²) in [6.45, 7) is 3.71. The Hall–Kier alpha value is -4.68. The fourth-order valence-electron chi connectivity index (χ4n) is 3.95. The van der Waals surface area contributed by atoms with Gasteiger partial charge in [0, 0.05) is 24.4 Å². The highest BCUT2D eigenvalue weighted by molar-refractivity contribution is 5.94. The second kappa shape index (κ2) is 9.17. The van der Waals surface area contributed by atoms with Gasteiger partial charge in [-0.15, -0.1) is 0 Å². The molecule has 1 amide bonds. The van der Waals surface area contributed by atoms with Gasteiger partial charge in [-0.3, -0.25) is 13.8 Å². The molecule has 0 aliphatic carbocycles. The highest BCUT2D eigenvalue weighted by Crippen LogP contribution is 2.28. The second-order valence-electron chi connectivity index (χ2n) is 8.43. The van der Waals surface area contributed by atoms with Gasteiger partial charge in [-0.25, -0.2) is 14.8 Å². The van der Waals surface area contributed by atoms with E-state index in [0.717, 1.165) is 22.6 Å². The fourth-order valence-corrected chi connectivity index (χ4v) is 3.95. The van der Waals surface area contributed by atoms with E-state index in [1.165, 1.54) is 4.57 Å². The Morgan fingerprint density at radius 3 is 2.75 bits per heavy atom. The molecule has 4 aromatic heterocycles. The maximum atomic E-state index is 12.4. The van der Waals surface area contributed by atoms with Crippen molar-refractivity contribution in [1.29, 1.82) is 0 Å². The number of hydrogen-bond acceptors (Lipinski definition) is 6. The molecule has 2 N–H and O–H groups in total. The summed E-state index contributed by atoms with van der Waals surface area (Å²) in [4.78, 5) is 33.6. The number of nitrogens with one attached hydrogen (secondary N) is 2. The number of pyridine rings is 2. The number of rotatable bonds is 4. The highest BCUT2D eigenvalue weighted by Gasteiger charge is 2.17. The number of hydrogen-bond donors (Lipinski definition) is 2. The molecule has 36 heavy (non-hydrogen) atoms. The van der Waals surface area contributed by atoms with Gasteiger partial charge in [-0.1, -0.05) is 12.0 Å². The summed E-state index contributed by atoms with van der Waals surface area (Å²) in [5.74, 6) is 6.09. The Labute approximate surface area is 206 Å². The number of aryl methyl sites for hydroxylation is 2. The summed E-state index contributed by atoms with van der Waals surface area (Å²) >= 11 is 0. The molecular formula is C27H24N6O3. The normalized spacial score (nSPS) is 11.9. The molecule has 1 aromatic carbocycles. The van der Waals surface area contributed by atoms with Crippen LogP contribution in [0.15, 0.2) is 63.9 Å². The van der Waals surface area contributed by atoms with Crippen molar-refractivity contribution in [2.75, 3.05) is 12.4 Å². The Balaban J connectivity index is 1.64. The molecule has 180 valence electrons. The lowest BCUT2D eigenvalue weighted by Crippen LogP contribution is -2.35. The van der Waals surface area contributed by atoms with Crippen molar-refractivity contribution in [3.63, 3.8) is 0 Å². The quantitative estimate of drug-likeness (QED) is 0.383. The molecule has 0 fully saturated rings. The van der Waals surface area contributed by atoms with Crippen molar-refractivity contribution >= 4 is 28.5 Å². The Bertz CT molecular complexity index is 1750. The molecule has 0 saturated carbocycles. The third-order valence-corrected chi connectivity index (χ3v) is 6.05. The van der Waals surface area contributed by atoms with E-state index >= 15 is 0 Å². The number of imidazole rings is 1. The van der Waals surface area contributed by atoms with E-state index in [1.807, 2.05) is 41.8 Å². The number of aromatic nitrogens is 4. The molecule has 9 heteroatoms. The van der Waals surface area contributed by atoms with Gasteiger partial charge in [0.25, 0.3) is 0 Å². The van der Waals surface area contributed by atoms with E-state index in [1.54, 1.807) is 45.3 Å². The van der Waals surface area contributed by atoms with E-state index in [0.29, 0.717) is 28.2 Å². The van der Waals surface area contributed by atoms with E-state index in [4.69, 9.17) is 4.42 Å². The monoisotopic (exact) mass is 480 g/mol. The molecular weight excluding hydrogens is 456 g/mol. The van der Waals surface area contributed by atoms with Crippen LogP contribution in [0.4, 0.5) is 5.82 Å². The van der Waals surface area contributed by atoms with Gasteiger partial charge in [-0.05, 0) is 69.3 Å². The topological polar surface area (TPSA) is 106 Å². The average molecular weight is 481 g/mol. The van der Waals surface area contributed by atoms with Crippen LogP contribution in [0.3, 0.4) is 0 Å². The average Bonchev–Trinajstić information content (AvgIpc) is 3.36. The SMILES string of the molecule is CNC(C)C(=O)Nc1ccc(-c2c(C)nc3ccccn23)c(C#Cc2ccc3oc(=O)n(C)c3c2)n1. The number of carbonyl (C=O) groups is 1. The summed E-state index contributed by atoms with van der Waals surface area (Å²) in [6.07, 6.45) is 1.94. The standard InChI is InChI=1S/C27H24N6O3/c1-16-25(33-14-6-5-7-24(33)29-16)19-10-13-23(31-26(34)17(2)28-3)30-20(19)11-8-18-9-12-22-21(15-18)32(4)27(35)36-22/h5-7,9-10,12-15,17,28H,1-4H3,(H,30,31,34). The van der Waals surface area contributed by atoms with Gasteiger partial charge in [0.1, 0.15) is 17.2 Å². The van der Waals surface area contributed by atoms with Crippen LogP contribution >= 0.6 is 0 Å². The predicted molar refractivity (Wildman–Crippen MR) is 138 cm³/mol. The molecule has 0 bridgehead atoms. The summed E-state index contributed by atoms with van der Waals surface area (Å²) in [5, 5.41) is 5.75. The summed E-state index contributed by atoms with van der Waals surface area (Å²) in [7, 11) is 3.37. The number of likely N-dealkylation sites (N-methyl/N-ethyl adjacent to an activating group) is 1. The van der Waals surface area contributed by atoms with Crippen LogP contribution in [-0.2, 0) is 11.8 Å². The third-order valence-electron chi connectivity index (χ3n) is 6.05. The van der Waals surface area contributed by atoms with Crippen LogP contribution < -0.4 is 16.4 Å². The van der Waals surface area contributed by atoms with Crippen LogP contribution in [0.25, 0.3) is 28.0 Å². The minimum atomic E-state index is -0.429. The minimum absolute atomic E-state index is 0.200.